The van der Waals surface area contributed by atoms with Gasteiger partial charge in [0.05, 0.1) is 48.1 Å². The molecule has 0 bridgehead atoms. The van der Waals surface area contributed by atoms with Crippen LogP contribution in [0.3, 0.4) is 0 Å². The highest BCUT2D eigenvalue weighted by Gasteiger charge is 2.54. The molecule has 2 aliphatic heterocycles. The van der Waals surface area contributed by atoms with Crippen LogP contribution < -0.4 is 33.2 Å². The number of rotatable bonds is 8. The molecule has 0 N–H and O–H groups in total. The molecule has 0 unspecified atom stereocenters. The average molecular weight is 579 g/mol. The van der Waals surface area contributed by atoms with Crippen LogP contribution in [0, 0.1) is 11.8 Å². The molecular formula is C31H30O11. The molecule has 1 fully saturated rings. The molecule has 0 amide bonds. The second kappa shape index (κ2) is 10.9. The lowest BCUT2D eigenvalue weighted by Gasteiger charge is -2.38. The van der Waals surface area contributed by atoms with Gasteiger partial charge in [0.2, 0.25) is 12.5 Å². The van der Waals surface area contributed by atoms with Gasteiger partial charge in [0.25, 0.3) is 0 Å². The topological polar surface area (TPSA) is 117 Å². The van der Waals surface area contributed by atoms with Crippen molar-refractivity contribution in [3.8, 4) is 40.2 Å². The minimum absolute atomic E-state index is 0.0490. The van der Waals surface area contributed by atoms with Crippen LogP contribution in [-0.2, 0) is 14.3 Å². The van der Waals surface area contributed by atoms with Gasteiger partial charge in [0.15, 0.2) is 34.5 Å². The molecule has 11 heteroatoms. The van der Waals surface area contributed by atoms with E-state index in [0.29, 0.717) is 40.1 Å². The zero-order chi connectivity index (χ0) is 29.5. The van der Waals surface area contributed by atoms with Crippen molar-refractivity contribution in [1.82, 2.24) is 0 Å². The maximum atomic E-state index is 13.7. The van der Waals surface area contributed by atoms with Crippen molar-refractivity contribution in [2.75, 3.05) is 48.9 Å². The molecule has 220 valence electrons. The quantitative estimate of drug-likeness (QED) is 0.356. The van der Waals surface area contributed by atoms with Gasteiger partial charge in [-0.05, 0) is 47.5 Å². The lowest BCUT2D eigenvalue weighted by molar-refractivity contribution is -0.141. The Morgan fingerprint density at radius 2 is 1.40 bits per heavy atom. The fourth-order valence-corrected chi connectivity index (χ4v) is 6.17. The number of carbonyl (C=O) groups is 2. The zero-order valence-corrected chi connectivity index (χ0v) is 23.8. The number of carbonyl (C=O) groups excluding carboxylic acids is 2. The first-order valence-corrected chi connectivity index (χ1v) is 13.3. The summed E-state index contributed by atoms with van der Waals surface area (Å²) in [6, 6.07) is 12.2. The third kappa shape index (κ3) is 4.27. The summed E-state index contributed by atoms with van der Waals surface area (Å²) in [5.41, 5.74) is 2.32. The molecule has 3 aliphatic rings. The fraction of sp³-hybridized carbons (Fsp3) is 0.355. The molecule has 0 spiro atoms. The van der Waals surface area contributed by atoms with Gasteiger partial charge < -0.3 is 42.6 Å². The van der Waals surface area contributed by atoms with Crippen LogP contribution in [0.25, 0.3) is 0 Å². The molecular weight excluding hydrogens is 548 g/mol. The standard InChI is InChI=1S/C31H30O11/c1-34-20-8-6-7-16(28(20)37-4)30(32)42-27-18-12-22-21(40-14-41-22)11-17(18)25(26-19(27)13-39-31(26)33)15-9-23(35-2)29(38-5)24(10-15)36-3/h6-12,19,25-27H,13-14H2,1-5H3/t19-,25+,26-,27-/m0/s1. The van der Waals surface area contributed by atoms with Crippen molar-refractivity contribution in [3.05, 3.63) is 64.7 Å². The lowest BCUT2D eigenvalue weighted by atomic mass is 9.66. The van der Waals surface area contributed by atoms with Crippen LogP contribution in [-0.4, -0.2) is 60.9 Å². The van der Waals surface area contributed by atoms with Crippen molar-refractivity contribution in [2.24, 2.45) is 11.8 Å². The SMILES string of the molecule is COc1cc([C@@H]2c3cc4c(cc3[C@H](OC(=O)c3cccc(OC)c3OC)[C@H]3COC(=O)[C@H]23)OCO4)cc(OC)c1OC. The summed E-state index contributed by atoms with van der Waals surface area (Å²) >= 11 is 0. The molecule has 4 atom stereocenters. The monoisotopic (exact) mass is 578 g/mol. The van der Waals surface area contributed by atoms with E-state index in [1.54, 1.807) is 18.2 Å². The van der Waals surface area contributed by atoms with Crippen LogP contribution >= 0.6 is 0 Å². The Morgan fingerprint density at radius 3 is 2.02 bits per heavy atom. The predicted molar refractivity (Wildman–Crippen MR) is 146 cm³/mol. The van der Waals surface area contributed by atoms with Crippen LogP contribution in [0.5, 0.6) is 40.2 Å². The molecule has 0 saturated carbocycles. The molecule has 42 heavy (non-hydrogen) atoms. The van der Waals surface area contributed by atoms with Gasteiger partial charge >= 0.3 is 11.9 Å². The highest BCUT2D eigenvalue weighted by molar-refractivity contribution is 5.94. The molecule has 6 rings (SSSR count). The molecule has 0 radical (unpaired) electrons. The number of esters is 2. The van der Waals surface area contributed by atoms with Gasteiger partial charge in [0.1, 0.15) is 11.7 Å². The van der Waals surface area contributed by atoms with E-state index in [9.17, 15) is 9.59 Å². The summed E-state index contributed by atoms with van der Waals surface area (Å²) in [7, 11) is 7.53. The smallest absolute Gasteiger partial charge is 0.342 e. The summed E-state index contributed by atoms with van der Waals surface area (Å²) in [5.74, 6) is 0.241. The van der Waals surface area contributed by atoms with Crippen molar-refractivity contribution in [3.63, 3.8) is 0 Å². The van der Waals surface area contributed by atoms with Gasteiger partial charge in [-0.3, -0.25) is 4.79 Å². The van der Waals surface area contributed by atoms with Gasteiger partial charge in [-0.1, -0.05) is 6.07 Å². The number of para-hydroxylation sites is 1. The van der Waals surface area contributed by atoms with Gasteiger partial charge in [0, 0.05) is 17.4 Å². The molecule has 3 aromatic carbocycles. The maximum absolute atomic E-state index is 13.7. The third-order valence-electron chi connectivity index (χ3n) is 8.02. The molecule has 2 heterocycles. The Bertz CT molecular complexity index is 1520. The summed E-state index contributed by atoms with van der Waals surface area (Å²) in [6.07, 6.45) is -0.840. The highest BCUT2D eigenvalue weighted by atomic mass is 16.7. The van der Waals surface area contributed by atoms with Crippen LogP contribution in [0.2, 0.25) is 0 Å². The second-order valence-corrected chi connectivity index (χ2v) is 9.96. The van der Waals surface area contributed by atoms with Gasteiger partial charge in [-0.15, -0.1) is 0 Å². The largest absolute Gasteiger partial charge is 0.493 e. The highest BCUT2D eigenvalue weighted by Crippen LogP contribution is 2.56. The number of ether oxygens (including phenoxy) is 9. The predicted octanol–water partition coefficient (Wildman–Crippen LogP) is 4.29. The van der Waals surface area contributed by atoms with E-state index in [0.717, 1.165) is 11.1 Å². The van der Waals surface area contributed by atoms with Crippen molar-refractivity contribution >= 4 is 11.9 Å². The van der Waals surface area contributed by atoms with Crippen molar-refractivity contribution in [1.29, 1.82) is 0 Å². The van der Waals surface area contributed by atoms with Crippen LogP contribution in [0.1, 0.15) is 39.1 Å². The minimum Gasteiger partial charge on any atom is -0.493 e. The summed E-state index contributed by atoms with van der Waals surface area (Å²) in [4.78, 5) is 27.1. The maximum Gasteiger partial charge on any atom is 0.342 e. The first kappa shape index (κ1) is 27.4. The summed E-state index contributed by atoms with van der Waals surface area (Å²) in [6.45, 7) is 0.110. The lowest BCUT2D eigenvalue weighted by Crippen LogP contribution is -2.36. The zero-order valence-electron chi connectivity index (χ0n) is 23.8. The summed E-state index contributed by atoms with van der Waals surface area (Å²) in [5, 5.41) is 0. The number of hydrogen-bond donors (Lipinski definition) is 0. The van der Waals surface area contributed by atoms with Crippen LogP contribution in [0.4, 0.5) is 0 Å². The van der Waals surface area contributed by atoms with E-state index < -0.39 is 35.8 Å². The first-order valence-electron chi connectivity index (χ1n) is 13.3. The Labute approximate surface area is 242 Å². The Morgan fingerprint density at radius 1 is 0.762 bits per heavy atom. The van der Waals surface area contributed by atoms with E-state index in [4.69, 9.17) is 42.6 Å². The molecule has 1 aliphatic carbocycles. The van der Waals surface area contributed by atoms with E-state index in [2.05, 4.69) is 0 Å². The number of methoxy groups -OCH3 is 5. The van der Waals surface area contributed by atoms with Gasteiger partial charge in [-0.25, -0.2) is 4.79 Å². The Hall–Kier alpha value is -4.80. The number of hydrogen-bond acceptors (Lipinski definition) is 11. The van der Waals surface area contributed by atoms with Crippen LogP contribution in [0.15, 0.2) is 42.5 Å². The molecule has 0 aromatic heterocycles. The van der Waals surface area contributed by atoms with Crippen molar-refractivity contribution < 1.29 is 52.2 Å². The van der Waals surface area contributed by atoms with Crippen molar-refractivity contribution in [2.45, 2.75) is 12.0 Å². The van der Waals surface area contributed by atoms with E-state index in [1.807, 2.05) is 24.3 Å². The number of benzene rings is 3. The molecule has 3 aromatic rings. The first-order chi connectivity index (χ1) is 20.4. The Balaban J connectivity index is 1.51. The fourth-order valence-electron chi connectivity index (χ4n) is 6.17. The number of fused-ring (bicyclic) bond motifs is 3. The van der Waals surface area contributed by atoms with Gasteiger partial charge in [-0.2, -0.15) is 0 Å². The van der Waals surface area contributed by atoms with E-state index in [1.165, 1.54) is 35.5 Å². The normalized spacial score (nSPS) is 21.5. The summed E-state index contributed by atoms with van der Waals surface area (Å²) < 4.78 is 50.8. The third-order valence-corrected chi connectivity index (χ3v) is 8.02. The average Bonchev–Trinajstić information content (AvgIpc) is 3.64. The van der Waals surface area contributed by atoms with E-state index >= 15 is 0 Å². The Kier molecular flexibility index (Phi) is 7.09. The second-order valence-electron chi connectivity index (χ2n) is 9.96. The van der Waals surface area contributed by atoms with E-state index in [-0.39, 0.29) is 24.7 Å². The molecule has 11 nitrogen and oxygen atoms in total. The number of cyclic esters (lactones) is 1. The minimum atomic E-state index is -0.840. The molecule has 1 saturated heterocycles.